The van der Waals surface area contributed by atoms with E-state index in [0.717, 1.165) is 37.1 Å². The van der Waals surface area contributed by atoms with Gasteiger partial charge in [-0.05, 0) is 119 Å². The van der Waals surface area contributed by atoms with Gasteiger partial charge in [0.25, 0.3) is 0 Å². The van der Waals surface area contributed by atoms with E-state index in [9.17, 15) is 0 Å². The van der Waals surface area contributed by atoms with Crippen LogP contribution in [-0.2, 0) is 5.41 Å². The van der Waals surface area contributed by atoms with Crippen molar-refractivity contribution in [1.82, 2.24) is 9.55 Å². The normalized spacial score (nSPS) is 22.8. The summed E-state index contributed by atoms with van der Waals surface area (Å²) in [7, 11) is 0. The third kappa shape index (κ3) is 6.67. The third-order valence-corrected chi connectivity index (χ3v) is 14.0. The Morgan fingerprint density at radius 3 is 2.23 bits per heavy atom. The zero-order valence-electron chi connectivity index (χ0n) is 37.5. The van der Waals surface area contributed by atoms with E-state index in [0.29, 0.717) is 0 Å². The van der Waals surface area contributed by atoms with Gasteiger partial charge in [0.05, 0.1) is 27.8 Å². The van der Waals surface area contributed by atoms with Crippen LogP contribution in [0.3, 0.4) is 0 Å². The molecule has 0 amide bonds. The number of allylic oxidation sites excluding steroid dienone is 17. The van der Waals surface area contributed by atoms with Crippen LogP contribution in [0, 0.1) is 5.41 Å². The van der Waals surface area contributed by atoms with Gasteiger partial charge in [-0.3, -0.25) is 4.98 Å². The second-order valence-corrected chi connectivity index (χ2v) is 17.4. The highest BCUT2D eigenvalue weighted by atomic mass is 15.0. The number of nitrogens with zero attached hydrogens (tertiary/aromatic N) is 2. The van der Waals surface area contributed by atoms with Crippen LogP contribution in [0.5, 0.6) is 0 Å². The number of aromatic nitrogens is 2. The zero-order chi connectivity index (χ0) is 43.7. The number of rotatable bonds is 7. The molecule has 0 radical (unpaired) electrons. The molecule has 0 saturated heterocycles. The molecule has 1 saturated carbocycles. The summed E-state index contributed by atoms with van der Waals surface area (Å²) in [5.41, 5.74) is 14.1. The van der Waals surface area contributed by atoms with Gasteiger partial charge in [0.15, 0.2) is 0 Å². The Balaban J connectivity index is 0.00000239. The molecule has 0 N–H and O–H groups in total. The Bertz CT molecular complexity index is 3190. The fourth-order valence-electron chi connectivity index (χ4n) is 11.2. The number of hydrogen-bond acceptors (Lipinski definition) is 1. The molecule has 2 aromatic heterocycles. The van der Waals surface area contributed by atoms with Crippen LogP contribution in [0.1, 0.15) is 81.8 Å². The third-order valence-electron chi connectivity index (χ3n) is 14.0. The number of pyridine rings is 1. The lowest BCUT2D eigenvalue weighted by Gasteiger charge is -2.48. The Hall–Kier alpha value is -7.03. The van der Waals surface area contributed by atoms with E-state index < -0.39 is 5.41 Å². The zero-order valence-corrected chi connectivity index (χ0v) is 37.5. The fourth-order valence-corrected chi connectivity index (χ4v) is 11.2. The summed E-state index contributed by atoms with van der Waals surface area (Å²) in [5, 5.41) is 4.98. The molecule has 3 unspecified atom stereocenters. The topological polar surface area (TPSA) is 17.8 Å². The number of para-hydroxylation sites is 2. The quantitative estimate of drug-likeness (QED) is 0.156. The Morgan fingerprint density at radius 1 is 0.719 bits per heavy atom. The first-order valence-corrected chi connectivity index (χ1v) is 23.3. The molecule has 4 aliphatic rings. The van der Waals surface area contributed by atoms with Gasteiger partial charge in [0, 0.05) is 33.2 Å². The molecule has 314 valence electrons. The average molecular weight is 829 g/mol. The van der Waals surface area contributed by atoms with Crippen LogP contribution >= 0.6 is 0 Å². The maximum absolute atomic E-state index is 5.58. The van der Waals surface area contributed by atoms with Gasteiger partial charge in [0.2, 0.25) is 0 Å². The summed E-state index contributed by atoms with van der Waals surface area (Å²) >= 11 is 0. The summed E-state index contributed by atoms with van der Waals surface area (Å²) < 4.78 is 2.40. The molecule has 2 heteroatoms. The molecule has 64 heavy (non-hydrogen) atoms. The lowest BCUT2D eigenvalue weighted by Crippen LogP contribution is -2.43. The molecule has 11 rings (SSSR count). The van der Waals surface area contributed by atoms with Crippen molar-refractivity contribution < 1.29 is 0 Å². The van der Waals surface area contributed by atoms with Gasteiger partial charge in [-0.1, -0.05) is 191 Å². The van der Waals surface area contributed by atoms with E-state index in [-0.39, 0.29) is 11.3 Å². The Labute approximate surface area is 379 Å². The van der Waals surface area contributed by atoms with Gasteiger partial charge in [0.1, 0.15) is 0 Å². The van der Waals surface area contributed by atoms with Gasteiger partial charge < -0.3 is 4.57 Å². The summed E-state index contributed by atoms with van der Waals surface area (Å²) in [6.07, 6.45) is 34.5. The molecule has 4 aliphatic carbocycles. The summed E-state index contributed by atoms with van der Waals surface area (Å²) in [6.45, 7) is 8.66. The van der Waals surface area contributed by atoms with E-state index in [1.807, 2.05) is 13.8 Å². The predicted octanol–water partition coefficient (Wildman–Crippen LogP) is 16.5. The van der Waals surface area contributed by atoms with Gasteiger partial charge in [-0.15, -0.1) is 0 Å². The highest BCUT2D eigenvalue weighted by Crippen LogP contribution is 2.69. The van der Waals surface area contributed by atoms with E-state index in [1.165, 1.54) is 77.3 Å². The van der Waals surface area contributed by atoms with Crippen LogP contribution < -0.4 is 0 Å². The number of hydrogen-bond donors (Lipinski definition) is 0. The molecule has 0 spiro atoms. The Kier molecular flexibility index (Phi) is 11.1. The molecule has 1 fully saturated rings. The molecule has 5 aromatic carbocycles. The van der Waals surface area contributed by atoms with Crippen molar-refractivity contribution in [3.63, 3.8) is 0 Å². The van der Waals surface area contributed by atoms with Gasteiger partial charge >= 0.3 is 0 Å². The van der Waals surface area contributed by atoms with Crippen LogP contribution in [0.25, 0.3) is 49.9 Å². The fraction of sp³-hybridized carbons (Fsp3) is 0.177. The molecule has 3 atom stereocenters. The van der Waals surface area contributed by atoms with Crippen molar-refractivity contribution in [2.75, 3.05) is 0 Å². The summed E-state index contributed by atoms with van der Waals surface area (Å²) in [6, 6.07) is 49.1. The first kappa shape index (κ1) is 41.0. The number of fused-ring (bicyclic) bond motifs is 5. The molecule has 2 nitrogen and oxygen atoms in total. The van der Waals surface area contributed by atoms with E-state index in [2.05, 4.69) is 231 Å². The highest BCUT2D eigenvalue weighted by molar-refractivity contribution is 6.10. The predicted molar refractivity (Wildman–Crippen MR) is 274 cm³/mol. The standard InChI is InChI=1S/C60H50N2.C2H6/c1-3-4-32-54-53(41-48-38-45-23-17-18-30-50(45)58(61-48)42-21-9-5-10-22-42)55-40-44(36-37-59(55,2)60(54,46-24-11-6-12-25-46)47-26-13-7-14-27-47)43-34-35-57-52(39-43)51-31-19-20-33-56(51)62(57)49-28-15-8-16-29-49;1-2/h3-6,8-13,15-21,23-36,38-42H,7,14,22,37H2,1-2H3;1-2H3/b4-3-,53-41?,54-32+;. The average Bonchev–Trinajstić information content (AvgIpc) is 3.80. The van der Waals surface area contributed by atoms with Crippen molar-refractivity contribution in [3.8, 4) is 5.69 Å². The van der Waals surface area contributed by atoms with Crippen molar-refractivity contribution >= 4 is 44.2 Å². The maximum Gasteiger partial charge on any atom is 0.0645 e. The van der Waals surface area contributed by atoms with E-state index in [1.54, 1.807) is 0 Å². The second kappa shape index (κ2) is 17.3. The highest BCUT2D eigenvalue weighted by Gasteiger charge is 2.61. The van der Waals surface area contributed by atoms with Gasteiger partial charge in [-0.2, -0.15) is 0 Å². The minimum Gasteiger partial charge on any atom is -0.309 e. The molecular formula is C62H56N2. The molecule has 0 bridgehead atoms. The molecule has 0 aliphatic heterocycles. The summed E-state index contributed by atoms with van der Waals surface area (Å²) in [5.74, 6) is 0.224. The minimum absolute atomic E-state index is 0.224. The van der Waals surface area contributed by atoms with E-state index >= 15 is 0 Å². The molecular weight excluding hydrogens is 773 g/mol. The first-order valence-electron chi connectivity index (χ1n) is 23.3. The van der Waals surface area contributed by atoms with Crippen molar-refractivity contribution in [1.29, 1.82) is 0 Å². The van der Waals surface area contributed by atoms with Crippen LogP contribution in [0.15, 0.2) is 229 Å². The van der Waals surface area contributed by atoms with Crippen molar-refractivity contribution in [3.05, 3.63) is 251 Å². The minimum atomic E-state index is -0.450. The molecule has 2 heterocycles. The lowest BCUT2D eigenvalue weighted by molar-refractivity contribution is 0.295. The van der Waals surface area contributed by atoms with Crippen LogP contribution in [0.4, 0.5) is 0 Å². The SMILES string of the molecule is C/C=C\C=C1/C(=Cc2cc3ccccc3c(C3C=CC=CC3)n2)C2=CC(c3ccc4c(c3)c3ccccc3n4-c3ccccc3)=CCC2(C)C1(C1=CCCC=C1)c1ccccc1.CC. The van der Waals surface area contributed by atoms with Crippen molar-refractivity contribution in [2.24, 2.45) is 5.41 Å². The van der Waals surface area contributed by atoms with Crippen LogP contribution in [0.2, 0.25) is 0 Å². The maximum atomic E-state index is 5.58. The van der Waals surface area contributed by atoms with Gasteiger partial charge in [-0.25, -0.2) is 0 Å². The number of benzene rings is 5. The second-order valence-electron chi connectivity index (χ2n) is 17.4. The monoisotopic (exact) mass is 828 g/mol. The largest absolute Gasteiger partial charge is 0.309 e. The molecule has 7 aromatic rings. The smallest absolute Gasteiger partial charge is 0.0645 e. The van der Waals surface area contributed by atoms with E-state index in [4.69, 9.17) is 4.98 Å². The van der Waals surface area contributed by atoms with Crippen LogP contribution in [-0.4, -0.2) is 9.55 Å². The van der Waals surface area contributed by atoms with Crippen molar-refractivity contribution in [2.45, 2.75) is 64.7 Å². The lowest BCUT2D eigenvalue weighted by atomic mass is 9.54. The Morgan fingerprint density at radius 2 is 1.47 bits per heavy atom. The summed E-state index contributed by atoms with van der Waals surface area (Å²) in [4.78, 5) is 5.58. The first-order chi connectivity index (χ1) is 31.6.